The van der Waals surface area contributed by atoms with Crippen molar-refractivity contribution in [3.63, 3.8) is 0 Å². The molecule has 2 aliphatic heterocycles. The molecule has 0 aromatic heterocycles. The highest BCUT2D eigenvalue weighted by molar-refractivity contribution is 5.77. The standard InChI is InChI=1S/C27H38O10/c1-7-21(30)36-18-9-8-14(2)12-20-27(32,15(3)24(31)37-20)23(35-17(5)29)22-25(18,6)19(34-16(4)28)10-11-26(22)13-33-26/h12,15,18-20,22-23,32H,7-11,13H2,1-6H3/b14-12+/t15-,18-,19+,20-,22-,23-,25+,26-,27-/m0/s1. The van der Waals surface area contributed by atoms with E-state index >= 15 is 0 Å². The van der Waals surface area contributed by atoms with E-state index in [9.17, 15) is 24.3 Å². The fraction of sp³-hybridized carbons (Fsp3) is 0.778. The molecule has 206 valence electrons. The van der Waals surface area contributed by atoms with E-state index in [1.165, 1.54) is 13.8 Å². The van der Waals surface area contributed by atoms with Gasteiger partial charge in [0.05, 0.1) is 23.5 Å². The number of epoxide rings is 1. The van der Waals surface area contributed by atoms with Gasteiger partial charge in [0.25, 0.3) is 0 Å². The zero-order valence-corrected chi connectivity index (χ0v) is 22.4. The highest BCUT2D eigenvalue weighted by Gasteiger charge is 2.74. The Labute approximate surface area is 217 Å². The van der Waals surface area contributed by atoms with Gasteiger partial charge in [-0.15, -0.1) is 0 Å². The molecule has 0 aromatic carbocycles. The normalized spacial score (nSPS) is 44.4. The fourth-order valence-electron chi connectivity index (χ4n) is 6.80. The van der Waals surface area contributed by atoms with Crippen LogP contribution in [0.2, 0.25) is 0 Å². The van der Waals surface area contributed by atoms with Gasteiger partial charge in [0.1, 0.15) is 18.3 Å². The highest BCUT2D eigenvalue weighted by atomic mass is 16.6. The Morgan fingerprint density at radius 2 is 1.73 bits per heavy atom. The van der Waals surface area contributed by atoms with Crippen LogP contribution in [-0.4, -0.2) is 71.2 Å². The van der Waals surface area contributed by atoms with Crippen molar-refractivity contribution in [2.75, 3.05) is 6.61 Å². The molecular weight excluding hydrogens is 484 g/mol. The Hall–Kier alpha value is -2.46. The van der Waals surface area contributed by atoms with Gasteiger partial charge in [-0.05, 0) is 45.6 Å². The molecule has 1 saturated carbocycles. The lowest BCUT2D eigenvalue weighted by atomic mass is 9.52. The van der Waals surface area contributed by atoms with Crippen LogP contribution in [0.25, 0.3) is 0 Å². The average Bonchev–Trinajstić information content (AvgIpc) is 3.55. The number of carbonyl (C=O) groups is 4. The van der Waals surface area contributed by atoms with E-state index in [0.717, 1.165) is 5.57 Å². The first-order valence-electron chi connectivity index (χ1n) is 13.1. The Bertz CT molecular complexity index is 999. The Morgan fingerprint density at radius 3 is 2.30 bits per heavy atom. The van der Waals surface area contributed by atoms with Crippen LogP contribution in [0.5, 0.6) is 0 Å². The van der Waals surface area contributed by atoms with E-state index in [2.05, 4.69) is 0 Å². The molecule has 0 bridgehead atoms. The molecule has 2 saturated heterocycles. The first-order chi connectivity index (χ1) is 17.3. The van der Waals surface area contributed by atoms with Crippen molar-refractivity contribution >= 4 is 23.9 Å². The maximum atomic E-state index is 12.8. The lowest BCUT2D eigenvalue weighted by Crippen LogP contribution is -2.69. The van der Waals surface area contributed by atoms with Gasteiger partial charge in [-0.25, -0.2) is 0 Å². The molecule has 0 aromatic rings. The summed E-state index contributed by atoms with van der Waals surface area (Å²) in [6, 6.07) is 0. The largest absolute Gasteiger partial charge is 0.462 e. The molecule has 0 radical (unpaired) electrons. The number of esters is 4. The summed E-state index contributed by atoms with van der Waals surface area (Å²) in [6.45, 7) is 9.81. The van der Waals surface area contributed by atoms with Crippen LogP contribution in [0.1, 0.15) is 73.6 Å². The lowest BCUT2D eigenvalue weighted by molar-refractivity contribution is -0.242. The van der Waals surface area contributed by atoms with Crippen molar-refractivity contribution in [3.05, 3.63) is 11.6 Å². The van der Waals surface area contributed by atoms with Gasteiger partial charge in [0.2, 0.25) is 0 Å². The Morgan fingerprint density at radius 1 is 1.11 bits per heavy atom. The molecule has 37 heavy (non-hydrogen) atoms. The molecule has 2 heterocycles. The quantitative estimate of drug-likeness (QED) is 0.253. The van der Waals surface area contributed by atoms with Crippen LogP contribution in [0.3, 0.4) is 0 Å². The van der Waals surface area contributed by atoms with Crippen molar-refractivity contribution < 1.29 is 48.0 Å². The van der Waals surface area contributed by atoms with Crippen LogP contribution in [0.4, 0.5) is 0 Å². The molecule has 3 fully saturated rings. The average molecular weight is 523 g/mol. The summed E-state index contributed by atoms with van der Waals surface area (Å²) < 4.78 is 29.5. The van der Waals surface area contributed by atoms with Gasteiger partial charge >= 0.3 is 23.9 Å². The maximum absolute atomic E-state index is 12.8. The maximum Gasteiger partial charge on any atom is 0.312 e. The van der Waals surface area contributed by atoms with Crippen molar-refractivity contribution in [2.24, 2.45) is 17.3 Å². The van der Waals surface area contributed by atoms with Crippen molar-refractivity contribution in [1.82, 2.24) is 0 Å². The van der Waals surface area contributed by atoms with Gasteiger partial charge < -0.3 is 28.8 Å². The van der Waals surface area contributed by atoms with Gasteiger partial charge in [0.15, 0.2) is 11.7 Å². The summed E-state index contributed by atoms with van der Waals surface area (Å²) in [4.78, 5) is 50.3. The smallest absolute Gasteiger partial charge is 0.312 e. The molecule has 4 aliphatic rings. The van der Waals surface area contributed by atoms with Gasteiger partial charge in [0, 0.05) is 26.2 Å². The van der Waals surface area contributed by atoms with E-state index in [1.54, 1.807) is 19.9 Å². The predicted octanol–water partition coefficient (Wildman–Crippen LogP) is 2.39. The minimum absolute atomic E-state index is 0.144. The van der Waals surface area contributed by atoms with E-state index < -0.39 is 76.7 Å². The van der Waals surface area contributed by atoms with Crippen LogP contribution in [0, 0.1) is 17.3 Å². The Kier molecular flexibility index (Phi) is 7.22. The second kappa shape index (κ2) is 9.69. The van der Waals surface area contributed by atoms with Crippen LogP contribution in [-0.2, 0) is 42.9 Å². The number of aliphatic hydroxyl groups is 1. The van der Waals surface area contributed by atoms with Crippen LogP contribution >= 0.6 is 0 Å². The van der Waals surface area contributed by atoms with Crippen molar-refractivity contribution in [2.45, 2.75) is 109 Å². The number of rotatable bonds is 4. The second-order valence-corrected chi connectivity index (χ2v) is 11.2. The molecule has 9 atom stereocenters. The number of hydrogen-bond donors (Lipinski definition) is 1. The monoisotopic (exact) mass is 522 g/mol. The van der Waals surface area contributed by atoms with Gasteiger partial charge in [-0.2, -0.15) is 0 Å². The van der Waals surface area contributed by atoms with E-state index in [1.807, 2.05) is 13.8 Å². The molecule has 10 heteroatoms. The minimum atomic E-state index is -1.94. The zero-order valence-electron chi connectivity index (χ0n) is 22.4. The summed E-state index contributed by atoms with van der Waals surface area (Å²) in [6.07, 6.45) is -0.246. The summed E-state index contributed by atoms with van der Waals surface area (Å²) in [5.74, 6) is -4.00. The molecule has 0 amide bonds. The first-order valence-corrected chi connectivity index (χ1v) is 13.1. The second-order valence-electron chi connectivity index (χ2n) is 11.2. The number of ether oxygens (including phenoxy) is 5. The molecular formula is C27H38O10. The zero-order chi connectivity index (χ0) is 27.3. The lowest BCUT2D eigenvalue weighted by Gasteiger charge is -2.56. The third-order valence-electron chi connectivity index (χ3n) is 8.87. The fourth-order valence-corrected chi connectivity index (χ4v) is 6.80. The minimum Gasteiger partial charge on any atom is -0.462 e. The summed E-state index contributed by atoms with van der Waals surface area (Å²) in [5, 5.41) is 12.4. The summed E-state index contributed by atoms with van der Waals surface area (Å²) in [5.41, 5.74) is -3.09. The number of hydrogen-bond acceptors (Lipinski definition) is 10. The SMILES string of the molecule is CCC(=O)O[C@H]1CC/C(C)=C/[C@@H]2OC(=O)[C@H](C)[C@@]2(O)[C@@H](OC(C)=O)[C@@H]2[C@]3(CC[C@@H](OC(C)=O)[C@@]12C)CO3. The molecule has 1 spiro atoms. The third-order valence-corrected chi connectivity index (χ3v) is 8.87. The third kappa shape index (κ3) is 4.56. The van der Waals surface area contributed by atoms with Crippen molar-refractivity contribution in [1.29, 1.82) is 0 Å². The number of fused-ring (bicyclic) bond motifs is 3. The van der Waals surface area contributed by atoms with E-state index in [0.29, 0.717) is 32.3 Å². The Balaban J connectivity index is 1.99. The molecule has 10 nitrogen and oxygen atoms in total. The van der Waals surface area contributed by atoms with Crippen molar-refractivity contribution in [3.8, 4) is 0 Å². The molecule has 2 aliphatic carbocycles. The summed E-state index contributed by atoms with van der Waals surface area (Å²) in [7, 11) is 0. The first kappa shape index (κ1) is 27.6. The summed E-state index contributed by atoms with van der Waals surface area (Å²) >= 11 is 0. The van der Waals surface area contributed by atoms with E-state index in [4.69, 9.17) is 23.7 Å². The molecule has 4 rings (SSSR count). The topological polar surface area (TPSA) is 138 Å². The number of carbonyl (C=O) groups excluding carboxylic acids is 4. The molecule has 1 N–H and O–H groups in total. The predicted molar refractivity (Wildman–Crippen MR) is 128 cm³/mol. The number of allylic oxidation sites excluding steroid dienone is 1. The van der Waals surface area contributed by atoms with Crippen LogP contribution < -0.4 is 0 Å². The van der Waals surface area contributed by atoms with E-state index in [-0.39, 0.29) is 6.42 Å². The van der Waals surface area contributed by atoms with Gasteiger partial charge in [-0.3, -0.25) is 19.2 Å². The highest BCUT2D eigenvalue weighted by Crippen LogP contribution is 2.62. The van der Waals surface area contributed by atoms with Crippen LogP contribution in [0.15, 0.2) is 11.6 Å². The van der Waals surface area contributed by atoms with Gasteiger partial charge in [-0.1, -0.05) is 19.4 Å². The molecule has 0 unspecified atom stereocenters.